The van der Waals surface area contributed by atoms with Crippen molar-refractivity contribution in [3.8, 4) is 0 Å². The van der Waals surface area contributed by atoms with Crippen LogP contribution >= 0.6 is 0 Å². The van der Waals surface area contributed by atoms with Gasteiger partial charge in [-0.15, -0.1) is 0 Å². The quantitative estimate of drug-likeness (QED) is 0.370. The molecule has 0 saturated carbocycles. The predicted molar refractivity (Wildman–Crippen MR) is 36.3 cm³/mol. The summed E-state index contributed by atoms with van der Waals surface area (Å²) in [5.74, 6) is 0.778. The monoisotopic (exact) mass is 165 g/mol. The lowest BCUT2D eigenvalue weighted by Gasteiger charge is -1.97. The highest BCUT2D eigenvalue weighted by Gasteiger charge is 1.95. The van der Waals surface area contributed by atoms with E-state index in [2.05, 4.69) is 4.74 Å². The van der Waals surface area contributed by atoms with Crippen LogP contribution in [0.25, 0.3) is 0 Å². The third-order valence-corrected chi connectivity index (χ3v) is 1.20. The van der Waals surface area contributed by atoms with Crippen LogP contribution in [0.4, 0.5) is 0 Å². The lowest BCUT2D eigenvalue weighted by molar-refractivity contribution is -0.140. The first-order valence-electron chi connectivity index (χ1n) is 2.69. The van der Waals surface area contributed by atoms with Crippen molar-refractivity contribution in [2.75, 3.05) is 6.61 Å². The van der Waals surface area contributed by atoms with Gasteiger partial charge in [0.2, 0.25) is 0 Å². The second-order valence-electron chi connectivity index (χ2n) is 1.57. The van der Waals surface area contributed by atoms with Crippen molar-refractivity contribution in [3.05, 3.63) is 5.75 Å². The van der Waals surface area contributed by atoms with Crippen molar-refractivity contribution in [3.63, 3.8) is 0 Å². The molecule has 0 aliphatic heterocycles. The summed E-state index contributed by atoms with van der Waals surface area (Å²) >= 11 is -1.90. The summed E-state index contributed by atoms with van der Waals surface area (Å²) in [6.45, 7) is 1.46. The number of hydrogen-bond acceptors (Lipinski definition) is 3. The minimum atomic E-state index is -1.90. The van der Waals surface area contributed by atoms with Crippen LogP contribution < -0.4 is 0 Å². The maximum atomic E-state index is 10.1. The summed E-state index contributed by atoms with van der Waals surface area (Å²) in [5, 5.41) is 0. The molecule has 0 aliphatic rings. The van der Waals surface area contributed by atoms with E-state index < -0.39 is 11.1 Å². The van der Waals surface area contributed by atoms with Gasteiger partial charge in [-0.25, -0.2) is 4.21 Å². The number of ether oxygens (including phenoxy) is 1. The van der Waals surface area contributed by atoms with Crippen LogP contribution in [0.15, 0.2) is 0 Å². The molecule has 1 N–H and O–H groups in total. The highest BCUT2D eigenvalue weighted by atomic mass is 32.2. The van der Waals surface area contributed by atoms with Gasteiger partial charge in [-0.2, -0.15) is 0 Å². The highest BCUT2D eigenvalue weighted by Crippen LogP contribution is 1.91. The molecule has 1 atom stereocenters. The Hall–Kier alpha value is -0.420. The predicted octanol–water partition coefficient (Wildman–Crippen LogP) is 0.323. The number of carbonyl (C=O) groups excluding carboxylic acids is 1. The van der Waals surface area contributed by atoms with Gasteiger partial charge in [-0.1, -0.05) is 0 Å². The smallest absolute Gasteiger partial charge is 0.302 e. The first kappa shape index (κ1) is 9.58. The van der Waals surface area contributed by atoms with Crippen LogP contribution in [-0.2, 0) is 20.6 Å². The normalized spacial score (nSPS) is 12.6. The van der Waals surface area contributed by atoms with Gasteiger partial charge in [0, 0.05) is 6.92 Å². The molecule has 0 fully saturated rings. The molecule has 0 rings (SSSR count). The number of esters is 1. The molecule has 0 saturated heterocycles. The van der Waals surface area contributed by atoms with Gasteiger partial charge in [-0.3, -0.25) is 4.79 Å². The molecule has 10 heavy (non-hydrogen) atoms. The summed E-state index contributed by atoms with van der Waals surface area (Å²) in [6, 6.07) is 0. The fourth-order valence-corrected chi connectivity index (χ4v) is 0.649. The van der Waals surface area contributed by atoms with E-state index >= 15 is 0 Å². The van der Waals surface area contributed by atoms with Gasteiger partial charge in [0.05, 0.1) is 12.4 Å². The Balaban J connectivity index is 3.06. The Morgan fingerprint density at radius 1 is 1.80 bits per heavy atom. The Morgan fingerprint density at radius 3 is 2.80 bits per heavy atom. The molecule has 0 aromatic carbocycles. The molecule has 0 amide bonds. The molecule has 0 heterocycles. The first-order chi connectivity index (χ1) is 4.63. The van der Waals surface area contributed by atoms with Crippen molar-refractivity contribution >= 4 is 17.0 Å². The zero-order valence-electron chi connectivity index (χ0n) is 5.57. The van der Waals surface area contributed by atoms with E-state index in [0.717, 1.165) is 5.75 Å². The fourth-order valence-electron chi connectivity index (χ4n) is 0.352. The van der Waals surface area contributed by atoms with Crippen LogP contribution in [0.1, 0.15) is 13.3 Å². The first-order valence-corrected chi connectivity index (χ1v) is 3.86. The zero-order valence-corrected chi connectivity index (χ0v) is 6.39. The van der Waals surface area contributed by atoms with E-state index in [4.69, 9.17) is 4.55 Å². The molecule has 0 spiro atoms. The minimum Gasteiger partial charge on any atom is -0.466 e. The fraction of sp³-hybridized carbons (Fsp3) is 0.600. The van der Waals surface area contributed by atoms with E-state index in [1.165, 1.54) is 6.92 Å². The third-order valence-electron chi connectivity index (χ3n) is 0.684. The SMILES string of the molecule is CC(=O)OCC[CH]S(=O)O. The van der Waals surface area contributed by atoms with E-state index in [9.17, 15) is 9.00 Å². The summed E-state index contributed by atoms with van der Waals surface area (Å²) < 4.78 is 22.6. The molecule has 1 radical (unpaired) electrons. The summed E-state index contributed by atoms with van der Waals surface area (Å²) in [6.07, 6.45) is 0.308. The van der Waals surface area contributed by atoms with Crippen molar-refractivity contribution in [2.45, 2.75) is 13.3 Å². The summed E-state index contributed by atoms with van der Waals surface area (Å²) in [7, 11) is 0. The van der Waals surface area contributed by atoms with E-state index in [-0.39, 0.29) is 12.6 Å². The molecule has 0 aromatic heterocycles. The Morgan fingerprint density at radius 2 is 2.40 bits per heavy atom. The zero-order chi connectivity index (χ0) is 7.98. The molecule has 0 aliphatic carbocycles. The molecule has 5 heteroatoms. The van der Waals surface area contributed by atoms with E-state index in [1.54, 1.807) is 0 Å². The molecule has 59 valence electrons. The standard InChI is InChI=1S/C5H9O4S/c1-5(6)9-3-2-4-10(7)8/h4H,2-3H2,1H3,(H,7,8). The van der Waals surface area contributed by atoms with Gasteiger partial charge in [0.25, 0.3) is 0 Å². The number of rotatable bonds is 4. The van der Waals surface area contributed by atoms with Crippen molar-refractivity contribution in [2.24, 2.45) is 0 Å². The Kier molecular flexibility index (Phi) is 5.15. The highest BCUT2D eigenvalue weighted by molar-refractivity contribution is 7.81. The van der Waals surface area contributed by atoms with E-state index in [1.807, 2.05) is 0 Å². The topological polar surface area (TPSA) is 63.6 Å². The third kappa shape index (κ3) is 7.58. The van der Waals surface area contributed by atoms with E-state index in [0.29, 0.717) is 6.42 Å². The molecule has 0 aromatic rings. The van der Waals surface area contributed by atoms with Crippen LogP contribution in [0.3, 0.4) is 0 Å². The molecule has 0 bridgehead atoms. The maximum absolute atomic E-state index is 10.1. The largest absolute Gasteiger partial charge is 0.466 e. The van der Waals surface area contributed by atoms with Gasteiger partial charge in [-0.05, 0) is 6.42 Å². The van der Waals surface area contributed by atoms with Crippen LogP contribution in [0.5, 0.6) is 0 Å². The lowest BCUT2D eigenvalue weighted by atomic mass is 10.5. The average molecular weight is 165 g/mol. The average Bonchev–Trinajstić information content (AvgIpc) is 1.79. The number of carbonyl (C=O) groups is 1. The Labute approximate surface area is 61.9 Å². The summed E-state index contributed by atoms with van der Waals surface area (Å²) in [4.78, 5) is 10.1. The van der Waals surface area contributed by atoms with Crippen molar-refractivity contribution in [1.29, 1.82) is 0 Å². The van der Waals surface area contributed by atoms with Crippen LogP contribution in [-0.4, -0.2) is 21.3 Å². The Bertz CT molecular complexity index is 118. The van der Waals surface area contributed by atoms with Gasteiger partial charge < -0.3 is 9.29 Å². The molecular formula is C5H9O4S. The van der Waals surface area contributed by atoms with Gasteiger partial charge >= 0.3 is 5.97 Å². The van der Waals surface area contributed by atoms with Crippen molar-refractivity contribution in [1.82, 2.24) is 0 Å². The van der Waals surface area contributed by atoms with Gasteiger partial charge in [0.15, 0.2) is 11.1 Å². The lowest BCUT2D eigenvalue weighted by Crippen LogP contribution is -2.01. The summed E-state index contributed by atoms with van der Waals surface area (Å²) in [5.41, 5.74) is 0. The van der Waals surface area contributed by atoms with Crippen molar-refractivity contribution < 1.29 is 18.3 Å². The molecule has 4 nitrogen and oxygen atoms in total. The second-order valence-corrected chi connectivity index (χ2v) is 2.46. The van der Waals surface area contributed by atoms with Crippen LogP contribution in [0, 0.1) is 5.75 Å². The van der Waals surface area contributed by atoms with Crippen LogP contribution in [0.2, 0.25) is 0 Å². The number of hydrogen-bond donors (Lipinski definition) is 1. The second kappa shape index (κ2) is 5.37. The van der Waals surface area contributed by atoms with Gasteiger partial charge in [0.1, 0.15) is 0 Å². The molecular weight excluding hydrogens is 156 g/mol. The molecule has 1 unspecified atom stereocenters. The maximum Gasteiger partial charge on any atom is 0.302 e. The minimum absolute atomic E-state index is 0.168.